The van der Waals surface area contributed by atoms with Crippen LogP contribution in [0.3, 0.4) is 0 Å². The van der Waals surface area contributed by atoms with Crippen molar-refractivity contribution in [1.29, 1.82) is 0 Å². The van der Waals surface area contributed by atoms with Crippen molar-refractivity contribution in [2.24, 2.45) is 0 Å². The minimum atomic E-state index is -4.39. The molecule has 0 atom stereocenters. The lowest BCUT2D eigenvalue weighted by Gasteiger charge is -2.26. The zero-order chi connectivity index (χ0) is 14.6. The first-order valence-corrected chi connectivity index (χ1v) is 6.25. The predicted octanol–water partition coefficient (Wildman–Crippen LogP) is 2.25. The van der Waals surface area contributed by atoms with Gasteiger partial charge in [-0.1, -0.05) is 12.1 Å². The molecule has 4 nitrogen and oxygen atoms in total. The van der Waals surface area contributed by atoms with Crippen molar-refractivity contribution >= 4 is 6.09 Å². The second-order valence-electron chi connectivity index (χ2n) is 4.49. The van der Waals surface area contributed by atoms with Gasteiger partial charge in [-0.25, -0.2) is 4.79 Å². The summed E-state index contributed by atoms with van der Waals surface area (Å²) in [5, 5.41) is 3.09. The average molecular weight is 288 g/mol. The van der Waals surface area contributed by atoms with Gasteiger partial charge in [-0.2, -0.15) is 13.2 Å². The molecule has 0 saturated carbocycles. The average Bonchev–Trinajstić information content (AvgIpc) is 2.45. The predicted molar refractivity (Wildman–Crippen MR) is 66.1 cm³/mol. The van der Waals surface area contributed by atoms with Gasteiger partial charge in [0, 0.05) is 26.2 Å². The van der Waals surface area contributed by atoms with Gasteiger partial charge in [0.1, 0.15) is 6.61 Å². The van der Waals surface area contributed by atoms with Crippen molar-refractivity contribution in [3.05, 3.63) is 35.4 Å². The molecule has 7 heteroatoms. The maximum Gasteiger partial charge on any atom is 0.416 e. The second-order valence-corrected chi connectivity index (χ2v) is 4.49. The standard InChI is InChI=1S/C13H15F3N2O2/c14-13(15,16)11-3-1-2-10(8-11)9-20-12(19)18-6-4-17-5-7-18/h1-3,8,17H,4-7,9H2. The summed E-state index contributed by atoms with van der Waals surface area (Å²) in [6.07, 6.45) is -4.89. The summed E-state index contributed by atoms with van der Waals surface area (Å²) in [5.74, 6) is 0. The van der Waals surface area contributed by atoms with Crippen LogP contribution >= 0.6 is 0 Å². The number of alkyl halides is 3. The third kappa shape index (κ3) is 3.86. The highest BCUT2D eigenvalue weighted by molar-refractivity contribution is 5.67. The molecule has 110 valence electrons. The van der Waals surface area contributed by atoms with Crippen molar-refractivity contribution < 1.29 is 22.7 Å². The zero-order valence-corrected chi connectivity index (χ0v) is 10.7. The van der Waals surface area contributed by atoms with E-state index in [9.17, 15) is 18.0 Å². The van der Waals surface area contributed by atoms with E-state index in [0.29, 0.717) is 31.7 Å². The fourth-order valence-corrected chi connectivity index (χ4v) is 1.92. The van der Waals surface area contributed by atoms with E-state index in [1.54, 1.807) is 0 Å². The van der Waals surface area contributed by atoms with E-state index < -0.39 is 17.8 Å². The van der Waals surface area contributed by atoms with Crippen LogP contribution in [0.2, 0.25) is 0 Å². The first-order valence-electron chi connectivity index (χ1n) is 6.25. The van der Waals surface area contributed by atoms with Crippen LogP contribution in [-0.4, -0.2) is 37.2 Å². The molecular formula is C13H15F3N2O2. The fourth-order valence-electron chi connectivity index (χ4n) is 1.92. The Bertz CT molecular complexity index is 471. The Hall–Kier alpha value is -1.76. The molecular weight excluding hydrogens is 273 g/mol. The highest BCUT2D eigenvalue weighted by Gasteiger charge is 2.30. The molecule has 1 saturated heterocycles. The Kier molecular flexibility index (Phi) is 4.49. The minimum absolute atomic E-state index is 0.160. The molecule has 1 aromatic rings. The lowest BCUT2D eigenvalue weighted by atomic mass is 10.1. The molecule has 1 aliphatic heterocycles. The molecule has 0 spiro atoms. The van der Waals surface area contributed by atoms with Gasteiger partial charge < -0.3 is 15.0 Å². The zero-order valence-electron chi connectivity index (χ0n) is 10.7. The molecule has 1 aliphatic rings. The van der Waals surface area contributed by atoms with Gasteiger partial charge in [-0.15, -0.1) is 0 Å². The summed E-state index contributed by atoms with van der Waals surface area (Å²) in [6, 6.07) is 4.78. The molecule has 1 heterocycles. The number of nitrogens with zero attached hydrogens (tertiary/aromatic N) is 1. The Morgan fingerprint density at radius 1 is 1.30 bits per heavy atom. The van der Waals surface area contributed by atoms with Crippen LogP contribution in [-0.2, 0) is 17.5 Å². The number of ether oxygens (including phenoxy) is 1. The summed E-state index contributed by atoms with van der Waals surface area (Å²) in [5.41, 5.74) is -0.420. The van der Waals surface area contributed by atoms with E-state index in [0.717, 1.165) is 12.1 Å². The Labute approximate surface area is 114 Å². The van der Waals surface area contributed by atoms with E-state index >= 15 is 0 Å². The largest absolute Gasteiger partial charge is 0.445 e. The first kappa shape index (κ1) is 14.6. The molecule has 0 radical (unpaired) electrons. The SMILES string of the molecule is O=C(OCc1cccc(C(F)(F)F)c1)N1CCNCC1. The van der Waals surface area contributed by atoms with E-state index in [1.165, 1.54) is 17.0 Å². The number of nitrogens with one attached hydrogen (secondary N) is 1. The summed E-state index contributed by atoms with van der Waals surface area (Å²) >= 11 is 0. The van der Waals surface area contributed by atoms with Crippen LogP contribution in [0.4, 0.5) is 18.0 Å². The Balaban J connectivity index is 1.92. The van der Waals surface area contributed by atoms with Crippen LogP contribution < -0.4 is 5.32 Å². The van der Waals surface area contributed by atoms with Gasteiger partial charge in [-0.3, -0.25) is 0 Å². The summed E-state index contributed by atoms with van der Waals surface area (Å²) in [4.78, 5) is 13.2. The Morgan fingerprint density at radius 3 is 2.65 bits per heavy atom. The number of piperazine rings is 1. The van der Waals surface area contributed by atoms with E-state index in [4.69, 9.17) is 4.74 Å². The number of hydrogen-bond donors (Lipinski definition) is 1. The van der Waals surface area contributed by atoms with Crippen LogP contribution in [0, 0.1) is 0 Å². The molecule has 1 N–H and O–H groups in total. The van der Waals surface area contributed by atoms with Gasteiger partial charge in [0.2, 0.25) is 0 Å². The maximum absolute atomic E-state index is 12.5. The fraction of sp³-hybridized carbons (Fsp3) is 0.462. The normalized spacial score (nSPS) is 16.1. The first-order chi connectivity index (χ1) is 9.47. The molecule has 0 unspecified atom stereocenters. The number of carbonyl (C=O) groups excluding carboxylic acids is 1. The molecule has 2 rings (SSSR count). The maximum atomic E-state index is 12.5. The van der Waals surface area contributed by atoms with Gasteiger partial charge in [-0.05, 0) is 17.7 Å². The number of carbonyl (C=O) groups is 1. The van der Waals surface area contributed by atoms with Gasteiger partial charge in [0.05, 0.1) is 5.56 Å². The van der Waals surface area contributed by atoms with Gasteiger partial charge >= 0.3 is 12.3 Å². The lowest BCUT2D eigenvalue weighted by Crippen LogP contribution is -2.46. The Morgan fingerprint density at radius 2 is 2.00 bits per heavy atom. The summed E-state index contributed by atoms with van der Waals surface area (Å²) in [6.45, 7) is 2.31. The molecule has 1 aromatic carbocycles. The van der Waals surface area contributed by atoms with Crippen LogP contribution in [0.15, 0.2) is 24.3 Å². The van der Waals surface area contributed by atoms with Crippen molar-refractivity contribution in [3.8, 4) is 0 Å². The summed E-state index contributed by atoms with van der Waals surface area (Å²) in [7, 11) is 0. The molecule has 20 heavy (non-hydrogen) atoms. The molecule has 1 amide bonds. The number of rotatable bonds is 2. The lowest BCUT2D eigenvalue weighted by molar-refractivity contribution is -0.137. The number of hydrogen-bond acceptors (Lipinski definition) is 3. The summed E-state index contributed by atoms with van der Waals surface area (Å²) < 4.78 is 42.6. The van der Waals surface area contributed by atoms with Gasteiger partial charge in [0.15, 0.2) is 0 Å². The van der Waals surface area contributed by atoms with Crippen LogP contribution in [0.1, 0.15) is 11.1 Å². The van der Waals surface area contributed by atoms with Crippen LogP contribution in [0.5, 0.6) is 0 Å². The monoisotopic (exact) mass is 288 g/mol. The third-order valence-electron chi connectivity index (χ3n) is 2.99. The van der Waals surface area contributed by atoms with Crippen LogP contribution in [0.25, 0.3) is 0 Å². The number of halogens is 3. The quantitative estimate of drug-likeness (QED) is 0.907. The smallest absolute Gasteiger partial charge is 0.416 e. The molecule has 0 aliphatic carbocycles. The third-order valence-corrected chi connectivity index (χ3v) is 2.99. The van der Waals surface area contributed by atoms with E-state index in [1.807, 2.05) is 0 Å². The topological polar surface area (TPSA) is 41.6 Å². The number of amides is 1. The van der Waals surface area contributed by atoms with Crippen molar-refractivity contribution in [2.45, 2.75) is 12.8 Å². The minimum Gasteiger partial charge on any atom is -0.445 e. The molecule has 1 fully saturated rings. The van der Waals surface area contributed by atoms with E-state index in [-0.39, 0.29) is 6.61 Å². The highest BCUT2D eigenvalue weighted by atomic mass is 19.4. The molecule has 0 bridgehead atoms. The van der Waals surface area contributed by atoms with Crippen molar-refractivity contribution in [2.75, 3.05) is 26.2 Å². The number of benzene rings is 1. The molecule has 0 aromatic heterocycles. The highest BCUT2D eigenvalue weighted by Crippen LogP contribution is 2.29. The van der Waals surface area contributed by atoms with Crippen molar-refractivity contribution in [3.63, 3.8) is 0 Å². The van der Waals surface area contributed by atoms with Crippen molar-refractivity contribution in [1.82, 2.24) is 10.2 Å². The van der Waals surface area contributed by atoms with Gasteiger partial charge in [0.25, 0.3) is 0 Å². The second kappa shape index (κ2) is 6.13. The van der Waals surface area contributed by atoms with E-state index in [2.05, 4.69) is 5.32 Å².